The maximum Gasteiger partial charge on any atom is 0.338 e. The van der Waals surface area contributed by atoms with E-state index < -0.39 is 5.97 Å². The molecule has 1 rings (SSSR count). The van der Waals surface area contributed by atoms with Crippen LogP contribution in [0.5, 0.6) is 0 Å². The Labute approximate surface area is 137 Å². The third-order valence-corrected chi connectivity index (χ3v) is 2.77. The van der Waals surface area contributed by atoms with Crippen LogP contribution in [-0.2, 0) is 9.53 Å². The average molecular weight is 330 g/mol. The maximum atomic E-state index is 11.8. The first kappa shape index (κ1) is 20.2. The van der Waals surface area contributed by atoms with Crippen molar-refractivity contribution in [2.75, 3.05) is 37.4 Å². The van der Waals surface area contributed by atoms with Crippen LogP contribution < -0.4 is 16.0 Å². The normalized spacial score (nSPS) is 9.59. The topological polar surface area (TPSA) is 79.5 Å². The first-order valence-electron chi connectivity index (χ1n) is 7.11. The Hall–Kier alpha value is -1.79. The van der Waals surface area contributed by atoms with Gasteiger partial charge in [-0.25, -0.2) is 4.79 Å². The Bertz CT molecular complexity index is 495. The number of halogens is 1. The van der Waals surface area contributed by atoms with Gasteiger partial charge in [-0.3, -0.25) is 4.79 Å². The summed E-state index contributed by atoms with van der Waals surface area (Å²) in [6.45, 7) is 5.35. The summed E-state index contributed by atoms with van der Waals surface area (Å²) in [4.78, 5) is 23.6. The zero-order chi connectivity index (χ0) is 15.7. The molecule has 0 unspecified atom stereocenters. The largest absolute Gasteiger partial charge is 0.462 e. The lowest BCUT2D eigenvalue weighted by atomic mass is 10.1. The molecule has 3 N–H and O–H groups in total. The highest BCUT2D eigenvalue weighted by Crippen LogP contribution is 2.24. The molecule has 0 aliphatic heterocycles. The van der Waals surface area contributed by atoms with E-state index >= 15 is 0 Å². The number of rotatable bonds is 8. The van der Waals surface area contributed by atoms with E-state index in [4.69, 9.17) is 4.74 Å². The minimum atomic E-state index is -0.397. The number of esters is 1. The fourth-order valence-corrected chi connectivity index (χ4v) is 1.78. The quantitative estimate of drug-likeness (QED) is 0.638. The molecule has 0 saturated heterocycles. The van der Waals surface area contributed by atoms with Crippen molar-refractivity contribution in [3.63, 3.8) is 0 Å². The Morgan fingerprint density at radius 1 is 1.18 bits per heavy atom. The molecule has 0 aliphatic carbocycles. The van der Waals surface area contributed by atoms with Gasteiger partial charge in [0.1, 0.15) is 0 Å². The SMILES string of the molecule is CCNc1ccc(C(=O)OCC)cc1NC(=O)CCNC.Cl. The van der Waals surface area contributed by atoms with Gasteiger partial charge >= 0.3 is 5.97 Å². The molecule has 124 valence electrons. The number of nitrogens with one attached hydrogen (secondary N) is 3. The van der Waals surface area contributed by atoms with Crippen molar-refractivity contribution in [1.29, 1.82) is 0 Å². The van der Waals surface area contributed by atoms with E-state index in [-0.39, 0.29) is 18.3 Å². The summed E-state index contributed by atoms with van der Waals surface area (Å²) in [5, 5.41) is 8.89. The summed E-state index contributed by atoms with van der Waals surface area (Å²) >= 11 is 0. The van der Waals surface area contributed by atoms with E-state index in [1.165, 1.54) is 0 Å². The summed E-state index contributed by atoms with van der Waals surface area (Å²) in [6.07, 6.45) is 0.367. The molecule has 0 saturated carbocycles. The van der Waals surface area contributed by atoms with Crippen molar-refractivity contribution in [2.24, 2.45) is 0 Å². The zero-order valence-corrected chi connectivity index (χ0v) is 14.0. The van der Waals surface area contributed by atoms with Crippen LogP contribution in [-0.4, -0.2) is 38.6 Å². The fourth-order valence-electron chi connectivity index (χ4n) is 1.78. The summed E-state index contributed by atoms with van der Waals surface area (Å²) in [5.74, 6) is -0.504. The molecule has 1 aromatic rings. The van der Waals surface area contributed by atoms with Crippen molar-refractivity contribution in [2.45, 2.75) is 20.3 Å². The van der Waals surface area contributed by atoms with Crippen molar-refractivity contribution >= 4 is 35.7 Å². The molecule has 0 radical (unpaired) electrons. The molecular formula is C15H24ClN3O3. The van der Waals surface area contributed by atoms with Gasteiger partial charge < -0.3 is 20.7 Å². The number of benzene rings is 1. The second kappa shape index (κ2) is 10.9. The number of hydrogen-bond acceptors (Lipinski definition) is 5. The van der Waals surface area contributed by atoms with Crippen molar-refractivity contribution < 1.29 is 14.3 Å². The summed E-state index contributed by atoms with van der Waals surface area (Å²) in [7, 11) is 1.79. The van der Waals surface area contributed by atoms with Gasteiger partial charge in [0.2, 0.25) is 5.91 Å². The lowest BCUT2D eigenvalue weighted by Crippen LogP contribution is -2.19. The summed E-state index contributed by atoms with van der Waals surface area (Å²) in [5.41, 5.74) is 1.79. The Balaban J connectivity index is 0.00000441. The molecular weight excluding hydrogens is 306 g/mol. The first-order chi connectivity index (χ1) is 10.1. The van der Waals surface area contributed by atoms with Crippen LogP contribution in [0.2, 0.25) is 0 Å². The monoisotopic (exact) mass is 329 g/mol. The molecule has 1 amide bonds. The van der Waals surface area contributed by atoms with Gasteiger partial charge in [-0.05, 0) is 39.1 Å². The maximum absolute atomic E-state index is 11.8. The number of amides is 1. The van der Waals surface area contributed by atoms with E-state index in [1.54, 1.807) is 32.2 Å². The van der Waals surface area contributed by atoms with Crippen LogP contribution in [0.3, 0.4) is 0 Å². The zero-order valence-electron chi connectivity index (χ0n) is 13.2. The molecule has 0 spiro atoms. The van der Waals surface area contributed by atoms with Crippen molar-refractivity contribution in [1.82, 2.24) is 5.32 Å². The molecule has 0 atom stereocenters. The lowest BCUT2D eigenvalue weighted by Gasteiger charge is -2.13. The highest BCUT2D eigenvalue weighted by Gasteiger charge is 2.12. The van der Waals surface area contributed by atoms with Gasteiger partial charge in [0.25, 0.3) is 0 Å². The molecule has 0 fully saturated rings. The number of carbonyl (C=O) groups excluding carboxylic acids is 2. The number of anilines is 2. The van der Waals surface area contributed by atoms with Crippen LogP contribution in [0.15, 0.2) is 18.2 Å². The predicted octanol–water partition coefficient (Wildman–Crippen LogP) is 2.26. The predicted molar refractivity (Wildman–Crippen MR) is 91.0 cm³/mol. The average Bonchev–Trinajstić information content (AvgIpc) is 2.47. The third-order valence-electron chi connectivity index (χ3n) is 2.77. The van der Waals surface area contributed by atoms with Crippen LogP contribution in [0, 0.1) is 0 Å². The van der Waals surface area contributed by atoms with E-state index in [1.807, 2.05) is 6.92 Å². The third kappa shape index (κ3) is 6.32. The van der Waals surface area contributed by atoms with Crippen LogP contribution in [0.25, 0.3) is 0 Å². The minimum absolute atomic E-state index is 0. The second-order valence-corrected chi connectivity index (χ2v) is 4.41. The van der Waals surface area contributed by atoms with Gasteiger partial charge in [0.05, 0.1) is 23.5 Å². The molecule has 22 heavy (non-hydrogen) atoms. The molecule has 0 bridgehead atoms. The molecule has 0 heterocycles. The highest BCUT2D eigenvalue weighted by atomic mass is 35.5. The molecule has 0 aliphatic rings. The van der Waals surface area contributed by atoms with E-state index in [0.29, 0.717) is 30.8 Å². The van der Waals surface area contributed by atoms with Crippen LogP contribution in [0.1, 0.15) is 30.6 Å². The van der Waals surface area contributed by atoms with E-state index in [0.717, 1.165) is 12.2 Å². The van der Waals surface area contributed by atoms with Crippen LogP contribution >= 0.6 is 12.4 Å². The fraction of sp³-hybridized carbons (Fsp3) is 0.467. The Morgan fingerprint density at radius 2 is 1.91 bits per heavy atom. The summed E-state index contributed by atoms with van der Waals surface area (Å²) in [6, 6.07) is 5.08. The standard InChI is InChI=1S/C15H23N3O3.ClH/c1-4-17-12-7-6-11(15(20)21-5-2)10-13(12)18-14(19)8-9-16-3;/h6-7,10,16-17H,4-5,8-9H2,1-3H3,(H,18,19);1H. The molecule has 7 heteroatoms. The lowest BCUT2D eigenvalue weighted by molar-refractivity contribution is -0.116. The van der Waals surface area contributed by atoms with Gasteiger partial charge in [0.15, 0.2) is 0 Å². The van der Waals surface area contributed by atoms with Crippen molar-refractivity contribution in [3.05, 3.63) is 23.8 Å². The van der Waals surface area contributed by atoms with E-state index in [9.17, 15) is 9.59 Å². The first-order valence-corrected chi connectivity index (χ1v) is 7.11. The van der Waals surface area contributed by atoms with Crippen molar-refractivity contribution in [3.8, 4) is 0 Å². The highest BCUT2D eigenvalue weighted by molar-refractivity contribution is 5.98. The molecule has 1 aromatic carbocycles. The van der Waals surface area contributed by atoms with Gasteiger partial charge in [-0.1, -0.05) is 0 Å². The van der Waals surface area contributed by atoms with Crippen LogP contribution in [0.4, 0.5) is 11.4 Å². The molecule has 6 nitrogen and oxygen atoms in total. The van der Waals surface area contributed by atoms with Gasteiger partial charge in [-0.15, -0.1) is 12.4 Å². The smallest absolute Gasteiger partial charge is 0.338 e. The number of ether oxygens (including phenoxy) is 1. The van der Waals surface area contributed by atoms with Gasteiger partial charge in [-0.2, -0.15) is 0 Å². The number of carbonyl (C=O) groups is 2. The van der Waals surface area contributed by atoms with E-state index in [2.05, 4.69) is 16.0 Å². The Kier molecular flexibility index (Phi) is 9.98. The van der Waals surface area contributed by atoms with Gasteiger partial charge in [0, 0.05) is 19.5 Å². The Morgan fingerprint density at radius 3 is 2.50 bits per heavy atom. The minimum Gasteiger partial charge on any atom is -0.462 e. The second-order valence-electron chi connectivity index (χ2n) is 4.41. The molecule has 0 aromatic heterocycles. The summed E-state index contributed by atoms with van der Waals surface area (Å²) < 4.78 is 4.97. The number of hydrogen-bond donors (Lipinski definition) is 3.